The molecule has 0 atom stereocenters. The van der Waals surface area contributed by atoms with Gasteiger partial charge in [-0.3, -0.25) is 0 Å². The Labute approximate surface area is 58.3 Å². The van der Waals surface area contributed by atoms with Gasteiger partial charge in [0.25, 0.3) is 0 Å². The summed E-state index contributed by atoms with van der Waals surface area (Å²) >= 11 is 0. The summed E-state index contributed by atoms with van der Waals surface area (Å²) in [6, 6.07) is 1.60. The molecule has 10 heavy (non-hydrogen) atoms. The Morgan fingerprint density at radius 1 is 1.70 bits per heavy atom. The lowest BCUT2D eigenvalue weighted by molar-refractivity contribution is 0.280. The third kappa shape index (κ3) is 1.14. The molecule has 0 aliphatic carbocycles. The van der Waals surface area contributed by atoms with E-state index in [9.17, 15) is 4.39 Å². The Morgan fingerprint density at radius 3 is 2.90 bits per heavy atom. The normalized spacial score (nSPS) is 9.90. The second kappa shape index (κ2) is 2.75. The second-order valence-electron chi connectivity index (χ2n) is 2.04. The molecular formula is C7H8FNO. The molecule has 2 nitrogen and oxygen atoms in total. The van der Waals surface area contributed by atoms with Gasteiger partial charge in [-0.05, 0) is 18.6 Å². The average molecular weight is 141 g/mol. The third-order valence-electron chi connectivity index (χ3n) is 1.43. The van der Waals surface area contributed by atoms with Gasteiger partial charge in [-0.25, -0.2) is 4.98 Å². The first kappa shape index (κ1) is 7.15. The van der Waals surface area contributed by atoms with Crippen LogP contribution >= 0.6 is 0 Å². The molecule has 0 amide bonds. The first-order valence-electron chi connectivity index (χ1n) is 2.96. The Balaban J connectivity index is 3.14. The maximum absolute atomic E-state index is 12.5. The molecule has 0 saturated carbocycles. The van der Waals surface area contributed by atoms with Crippen LogP contribution in [0.5, 0.6) is 0 Å². The molecule has 0 spiro atoms. The van der Waals surface area contributed by atoms with Gasteiger partial charge in [-0.2, -0.15) is 4.39 Å². The fourth-order valence-electron chi connectivity index (χ4n) is 0.718. The SMILES string of the molecule is Cc1c(CO)ccnc1F. The van der Waals surface area contributed by atoms with Crippen molar-refractivity contribution in [2.75, 3.05) is 0 Å². The monoisotopic (exact) mass is 141 g/mol. The van der Waals surface area contributed by atoms with E-state index in [0.717, 1.165) is 0 Å². The highest BCUT2D eigenvalue weighted by molar-refractivity contribution is 5.21. The first-order chi connectivity index (χ1) is 4.75. The van der Waals surface area contributed by atoms with Crippen LogP contribution in [-0.2, 0) is 6.61 Å². The summed E-state index contributed by atoms with van der Waals surface area (Å²) in [5.41, 5.74) is 1.01. The predicted octanol–water partition coefficient (Wildman–Crippen LogP) is 1.02. The Hall–Kier alpha value is -0.960. The van der Waals surface area contributed by atoms with Crippen molar-refractivity contribution in [2.45, 2.75) is 13.5 Å². The van der Waals surface area contributed by atoms with E-state index in [1.165, 1.54) is 6.20 Å². The van der Waals surface area contributed by atoms with Crippen LogP contribution in [0, 0.1) is 12.9 Å². The fourth-order valence-corrected chi connectivity index (χ4v) is 0.718. The minimum atomic E-state index is -0.508. The minimum absolute atomic E-state index is 0.134. The van der Waals surface area contributed by atoms with Crippen molar-refractivity contribution < 1.29 is 9.50 Å². The van der Waals surface area contributed by atoms with Crippen molar-refractivity contribution in [3.8, 4) is 0 Å². The standard InChI is InChI=1S/C7H8FNO/c1-5-6(4-10)2-3-9-7(5)8/h2-3,10H,4H2,1H3. The number of aliphatic hydroxyl groups is 1. The second-order valence-corrected chi connectivity index (χ2v) is 2.04. The van der Waals surface area contributed by atoms with E-state index in [-0.39, 0.29) is 6.61 Å². The smallest absolute Gasteiger partial charge is 0.216 e. The van der Waals surface area contributed by atoms with Crippen LogP contribution in [0.1, 0.15) is 11.1 Å². The topological polar surface area (TPSA) is 33.1 Å². The van der Waals surface area contributed by atoms with Gasteiger partial charge in [0, 0.05) is 11.8 Å². The van der Waals surface area contributed by atoms with Gasteiger partial charge in [0.15, 0.2) is 0 Å². The zero-order chi connectivity index (χ0) is 7.56. The van der Waals surface area contributed by atoms with Gasteiger partial charge in [0.05, 0.1) is 6.61 Å². The summed E-state index contributed by atoms with van der Waals surface area (Å²) in [6.45, 7) is 1.46. The highest BCUT2D eigenvalue weighted by atomic mass is 19.1. The van der Waals surface area contributed by atoms with Crippen molar-refractivity contribution in [3.63, 3.8) is 0 Å². The van der Waals surface area contributed by atoms with Gasteiger partial charge in [-0.15, -0.1) is 0 Å². The molecule has 0 unspecified atom stereocenters. The fraction of sp³-hybridized carbons (Fsp3) is 0.286. The summed E-state index contributed by atoms with van der Waals surface area (Å²) < 4.78 is 12.5. The van der Waals surface area contributed by atoms with E-state index in [2.05, 4.69) is 4.98 Å². The lowest BCUT2D eigenvalue weighted by Gasteiger charge is -1.99. The summed E-state index contributed by atoms with van der Waals surface area (Å²) in [5.74, 6) is -0.508. The first-order valence-corrected chi connectivity index (χ1v) is 2.96. The molecule has 0 fully saturated rings. The quantitative estimate of drug-likeness (QED) is 0.592. The number of hydrogen-bond acceptors (Lipinski definition) is 2. The van der Waals surface area contributed by atoms with Crippen LogP contribution in [0.25, 0.3) is 0 Å². The molecule has 1 heterocycles. The van der Waals surface area contributed by atoms with E-state index in [4.69, 9.17) is 5.11 Å². The van der Waals surface area contributed by atoms with E-state index >= 15 is 0 Å². The minimum Gasteiger partial charge on any atom is -0.392 e. The van der Waals surface area contributed by atoms with Crippen LogP contribution < -0.4 is 0 Å². The number of aliphatic hydroxyl groups excluding tert-OH is 1. The summed E-state index contributed by atoms with van der Waals surface area (Å²) in [7, 11) is 0. The third-order valence-corrected chi connectivity index (χ3v) is 1.43. The van der Waals surface area contributed by atoms with Gasteiger partial charge in [0.1, 0.15) is 0 Å². The maximum atomic E-state index is 12.5. The average Bonchev–Trinajstić information content (AvgIpc) is 1.95. The van der Waals surface area contributed by atoms with Crippen molar-refractivity contribution >= 4 is 0 Å². The summed E-state index contributed by atoms with van der Waals surface area (Å²) in [5, 5.41) is 8.65. The van der Waals surface area contributed by atoms with E-state index in [1.54, 1.807) is 13.0 Å². The van der Waals surface area contributed by atoms with Crippen LogP contribution in [0.3, 0.4) is 0 Å². The largest absolute Gasteiger partial charge is 0.392 e. The lowest BCUT2D eigenvalue weighted by Crippen LogP contribution is -1.94. The maximum Gasteiger partial charge on any atom is 0.216 e. The van der Waals surface area contributed by atoms with Gasteiger partial charge in [0.2, 0.25) is 5.95 Å². The van der Waals surface area contributed by atoms with Gasteiger partial charge >= 0.3 is 0 Å². The van der Waals surface area contributed by atoms with Gasteiger partial charge < -0.3 is 5.11 Å². The number of aromatic nitrogens is 1. The molecule has 0 aliphatic rings. The molecule has 54 valence electrons. The number of halogens is 1. The van der Waals surface area contributed by atoms with Crippen LogP contribution in [0.15, 0.2) is 12.3 Å². The van der Waals surface area contributed by atoms with E-state index in [1.807, 2.05) is 0 Å². The number of rotatable bonds is 1. The van der Waals surface area contributed by atoms with Crippen molar-refractivity contribution in [1.29, 1.82) is 0 Å². The molecule has 3 heteroatoms. The number of nitrogens with zero attached hydrogens (tertiary/aromatic N) is 1. The van der Waals surface area contributed by atoms with Crippen LogP contribution in [0.4, 0.5) is 4.39 Å². The van der Waals surface area contributed by atoms with Crippen molar-refractivity contribution in [3.05, 3.63) is 29.3 Å². The van der Waals surface area contributed by atoms with Crippen molar-refractivity contribution in [1.82, 2.24) is 4.98 Å². The highest BCUT2D eigenvalue weighted by Gasteiger charge is 2.01. The molecule has 0 aliphatic heterocycles. The zero-order valence-electron chi connectivity index (χ0n) is 5.63. The number of hydrogen-bond donors (Lipinski definition) is 1. The summed E-state index contributed by atoms with van der Waals surface area (Å²) in [6.07, 6.45) is 1.34. The molecular weight excluding hydrogens is 133 g/mol. The Bertz CT molecular complexity index is 237. The Morgan fingerprint density at radius 2 is 2.40 bits per heavy atom. The molecule has 0 aromatic carbocycles. The number of pyridine rings is 1. The molecule has 1 N–H and O–H groups in total. The van der Waals surface area contributed by atoms with Gasteiger partial charge in [-0.1, -0.05) is 0 Å². The molecule has 1 rings (SSSR count). The zero-order valence-corrected chi connectivity index (χ0v) is 5.63. The molecule has 0 saturated heterocycles. The summed E-state index contributed by atoms with van der Waals surface area (Å²) in [4.78, 5) is 3.41. The molecule has 1 aromatic heterocycles. The van der Waals surface area contributed by atoms with E-state index in [0.29, 0.717) is 11.1 Å². The molecule has 1 aromatic rings. The van der Waals surface area contributed by atoms with Crippen LogP contribution in [-0.4, -0.2) is 10.1 Å². The lowest BCUT2D eigenvalue weighted by atomic mass is 10.2. The van der Waals surface area contributed by atoms with Crippen molar-refractivity contribution in [2.24, 2.45) is 0 Å². The molecule has 0 bridgehead atoms. The molecule has 0 radical (unpaired) electrons. The highest BCUT2D eigenvalue weighted by Crippen LogP contribution is 2.08. The van der Waals surface area contributed by atoms with E-state index < -0.39 is 5.95 Å². The Kier molecular flexibility index (Phi) is 1.97. The predicted molar refractivity (Wildman–Crippen MR) is 34.9 cm³/mol. The van der Waals surface area contributed by atoms with Crippen LogP contribution in [0.2, 0.25) is 0 Å².